The molecule has 0 bridgehead atoms. The first kappa shape index (κ1) is 20.9. The van der Waals surface area contributed by atoms with E-state index in [1.54, 1.807) is 0 Å². The Morgan fingerprint density at radius 3 is 2.55 bits per heavy atom. The van der Waals surface area contributed by atoms with Crippen LogP contribution in [0.25, 0.3) is 0 Å². The van der Waals surface area contributed by atoms with Gasteiger partial charge in [0.25, 0.3) is 0 Å². The Labute approximate surface area is 170 Å². The Kier molecular flexibility index (Phi) is 4.73. The van der Waals surface area contributed by atoms with Crippen molar-refractivity contribution >= 4 is 11.6 Å². The quantitative estimate of drug-likeness (QED) is 0.625. The second kappa shape index (κ2) is 6.56. The van der Waals surface area contributed by atoms with Gasteiger partial charge >= 0.3 is 0 Å². The van der Waals surface area contributed by atoms with Crippen LogP contribution in [0, 0.1) is 34.5 Å². The molecule has 0 radical (unpaired) electrons. The lowest BCUT2D eigenvalue weighted by Crippen LogP contribution is -2.58. The van der Waals surface area contributed by atoms with Gasteiger partial charge in [-0.15, -0.1) is 0 Å². The van der Waals surface area contributed by atoms with Crippen LogP contribution in [0.1, 0.15) is 46.5 Å². The second-order valence-corrected chi connectivity index (χ2v) is 10.0. The van der Waals surface area contributed by atoms with E-state index in [2.05, 4.69) is 0 Å². The summed E-state index contributed by atoms with van der Waals surface area (Å²) in [5.41, 5.74) is -1.64. The van der Waals surface area contributed by atoms with E-state index in [9.17, 15) is 24.9 Å². The largest absolute Gasteiger partial charge is 0.396 e. The number of aliphatic hydroxyl groups excluding tert-OH is 2. The molecule has 3 unspecified atom stereocenters. The van der Waals surface area contributed by atoms with Crippen molar-refractivity contribution in [3.05, 3.63) is 23.3 Å². The zero-order valence-corrected chi connectivity index (χ0v) is 17.3. The molecule has 5 nitrogen and oxygen atoms in total. The van der Waals surface area contributed by atoms with Gasteiger partial charge in [0, 0.05) is 29.8 Å². The van der Waals surface area contributed by atoms with Gasteiger partial charge in [0.1, 0.15) is 18.4 Å². The summed E-state index contributed by atoms with van der Waals surface area (Å²) < 4.78 is 15.4. The van der Waals surface area contributed by atoms with Crippen molar-refractivity contribution in [2.45, 2.75) is 58.2 Å². The fourth-order valence-electron chi connectivity index (χ4n) is 7.34. The monoisotopic (exact) mass is 406 g/mol. The number of halogens is 1. The molecule has 3 N–H and O–H groups in total. The molecule has 160 valence electrons. The molecule has 0 aliphatic heterocycles. The number of fused-ring (bicyclic) bond motifs is 5. The highest BCUT2D eigenvalue weighted by Crippen LogP contribution is 2.67. The van der Waals surface area contributed by atoms with Crippen molar-refractivity contribution in [2.75, 3.05) is 13.2 Å². The lowest BCUT2D eigenvalue weighted by molar-refractivity contribution is -0.161. The fraction of sp³-hybridized carbons (Fsp3) is 0.739. The number of aliphatic hydroxyl groups is 3. The van der Waals surface area contributed by atoms with E-state index in [1.165, 1.54) is 6.08 Å². The van der Waals surface area contributed by atoms with Crippen molar-refractivity contribution < 1.29 is 29.3 Å². The predicted octanol–water partition coefficient (Wildman–Crippen LogP) is 2.14. The normalized spacial score (nSPS) is 48.9. The van der Waals surface area contributed by atoms with E-state index in [4.69, 9.17) is 0 Å². The highest BCUT2D eigenvalue weighted by molar-refractivity contribution is 5.93. The van der Waals surface area contributed by atoms with Crippen LogP contribution in [0.2, 0.25) is 0 Å². The highest BCUT2D eigenvalue weighted by Gasteiger charge is 2.68. The first-order chi connectivity index (χ1) is 13.5. The zero-order chi connectivity index (χ0) is 21.4. The SMILES string of the molecule is CC1C[C@H]2[C@@H]3CC(F)C4=CC(=O)CC(CO)[C@]4(C)C3=CC[C@]2(C)[C@@]1(O)C(=O)CO. The fourth-order valence-corrected chi connectivity index (χ4v) is 7.34. The standard InChI is InChI=1S/C23H31FO5/c1-12-6-17-15-9-19(24)18-8-14(27)7-13(10-25)22(18,3)16(15)4-5-21(17,2)23(12,29)20(28)11-26/h4,8,12-13,15,17,19,25-26,29H,5-7,9-11H2,1-3H3/t12?,13?,15-,17+,19?,21+,22-,23+/m1/s1. The molecule has 0 spiro atoms. The molecule has 4 aliphatic rings. The maximum atomic E-state index is 15.4. The average Bonchev–Trinajstić information content (AvgIpc) is 2.90. The Morgan fingerprint density at radius 1 is 1.24 bits per heavy atom. The lowest BCUT2D eigenvalue weighted by atomic mass is 9.48. The van der Waals surface area contributed by atoms with E-state index < -0.39 is 35.0 Å². The number of Topliss-reactive ketones (excluding diaryl/α,β-unsaturated/α-hetero) is 1. The number of carbonyl (C=O) groups is 2. The van der Waals surface area contributed by atoms with E-state index in [0.29, 0.717) is 18.4 Å². The van der Waals surface area contributed by atoms with E-state index in [1.807, 2.05) is 26.8 Å². The lowest BCUT2D eigenvalue weighted by Gasteiger charge is -2.57. The van der Waals surface area contributed by atoms with Crippen LogP contribution >= 0.6 is 0 Å². The molecule has 2 saturated carbocycles. The molecule has 0 aromatic rings. The molecule has 6 heteroatoms. The molecule has 0 heterocycles. The minimum Gasteiger partial charge on any atom is -0.396 e. The molecule has 4 rings (SSSR count). The summed E-state index contributed by atoms with van der Waals surface area (Å²) in [5.74, 6) is -1.69. The van der Waals surface area contributed by atoms with Gasteiger partial charge in [-0.3, -0.25) is 9.59 Å². The highest BCUT2D eigenvalue weighted by atomic mass is 19.1. The molecule has 0 aromatic carbocycles. The summed E-state index contributed by atoms with van der Waals surface area (Å²) in [6, 6.07) is 0. The van der Waals surface area contributed by atoms with Gasteiger partial charge in [-0.05, 0) is 48.7 Å². The zero-order valence-electron chi connectivity index (χ0n) is 17.3. The molecular formula is C23H31FO5. The maximum absolute atomic E-state index is 15.4. The summed E-state index contributed by atoms with van der Waals surface area (Å²) in [6.07, 6.45) is 3.60. The summed E-state index contributed by atoms with van der Waals surface area (Å²) >= 11 is 0. The second-order valence-electron chi connectivity index (χ2n) is 10.0. The van der Waals surface area contributed by atoms with Gasteiger partial charge in [0.05, 0.1) is 0 Å². The van der Waals surface area contributed by atoms with Crippen molar-refractivity contribution in [3.8, 4) is 0 Å². The van der Waals surface area contributed by atoms with Crippen molar-refractivity contribution in [2.24, 2.45) is 34.5 Å². The first-order valence-electron chi connectivity index (χ1n) is 10.6. The van der Waals surface area contributed by atoms with Gasteiger partial charge in [0.15, 0.2) is 11.6 Å². The van der Waals surface area contributed by atoms with Crippen molar-refractivity contribution in [3.63, 3.8) is 0 Å². The smallest absolute Gasteiger partial charge is 0.190 e. The Hall–Kier alpha value is -1.37. The van der Waals surface area contributed by atoms with Gasteiger partial charge in [0.2, 0.25) is 0 Å². The molecule has 0 saturated heterocycles. The van der Waals surface area contributed by atoms with Gasteiger partial charge in [-0.25, -0.2) is 4.39 Å². The number of allylic oxidation sites excluding steroid dienone is 4. The molecule has 8 atom stereocenters. The van der Waals surface area contributed by atoms with Gasteiger partial charge in [-0.2, -0.15) is 0 Å². The molecule has 4 aliphatic carbocycles. The number of hydrogen-bond acceptors (Lipinski definition) is 5. The third-order valence-corrected chi connectivity index (χ3v) is 9.01. The van der Waals surface area contributed by atoms with Gasteiger partial charge < -0.3 is 15.3 Å². The van der Waals surface area contributed by atoms with E-state index >= 15 is 4.39 Å². The number of rotatable bonds is 3. The van der Waals surface area contributed by atoms with E-state index in [0.717, 1.165) is 5.57 Å². The van der Waals surface area contributed by atoms with Crippen molar-refractivity contribution in [1.29, 1.82) is 0 Å². The predicted molar refractivity (Wildman–Crippen MR) is 105 cm³/mol. The Morgan fingerprint density at radius 2 is 1.93 bits per heavy atom. The average molecular weight is 406 g/mol. The van der Waals surface area contributed by atoms with Crippen LogP contribution in [-0.2, 0) is 9.59 Å². The number of ketones is 2. The number of hydrogen-bond donors (Lipinski definition) is 3. The van der Waals surface area contributed by atoms with E-state index in [-0.39, 0.29) is 48.9 Å². The molecule has 29 heavy (non-hydrogen) atoms. The summed E-state index contributed by atoms with van der Waals surface area (Å²) in [4.78, 5) is 24.7. The molecular weight excluding hydrogens is 375 g/mol. The van der Waals surface area contributed by atoms with Crippen molar-refractivity contribution in [1.82, 2.24) is 0 Å². The topological polar surface area (TPSA) is 94.8 Å². The molecule has 0 amide bonds. The van der Waals surface area contributed by atoms with Crippen LogP contribution in [0.15, 0.2) is 23.3 Å². The third-order valence-electron chi connectivity index (χ3n) is 9.01. The number of alkyl halides is 1. The summed E-state index contributed by atoms with van der Waals surface area (Å²) in [6.45, 7) is 4.74. The van der Waals surface area contributed by atoms with Crippen LogP contribution < -0.4 is 0 Å². The minimum atomic E-state index is -1.64. The summed E-state index contributed by atoms with van der Waals surface area (Å²) in [5, 5.41) is 30.9. The molecule has 0 aromatic heterocycles. The Balaban J connectivity index is 1.85. The van der Waals surface area contributed by atoms with Crippen LogP contribution in [-0.4, -0.2) is 51.9 Å². The molecule has 2 fully saturated rings. The maximum Gasteiger partial charge on any atom is 0.190 e. The minimum absolute atomic E-state index is 0.105. The Bertz CT molecular complexity index is 818. The van der Waals surface area contributed by atoms with Crippen LogP contribution in [0.5, 0.6) is 0 Å². The first-order valence-corrected chi connectivity index (χ1v) is 10.6. The van der Waals surface area contributed by atoms with Crippen LogP contribution in [0.3, 0.4) is 0 Å². The number of carbonyl (C=O) groups excluding carboxylic acids is 2. The third kappa shape index (κ3) is 2.42. The van der Waals surface area contributed by atoms with Crippen LogP contribution in [0.4, 0.5) is 4.39 Å². The van der Waals surface area contributed by atoms with Gasteiger partial charge in [-0.1, -0.05) is 32.4 Å². The summed E-state index contributed by atoms with van der Waals surface area (Å²) in [7, 11) is 0.